The second-order valence-electron chi connectivity index (χ2n) is 2.44. The van der Waals surface area contributed by atoms with Crippen molar-refractivity contribution in [3.63, 3.8) is 0 Å². The molecule has 11 heavy (non-hydrogen) atoms. The molecule has 0 N–H and O–H groups in total. The van der Waals surface area contributed by atoms with Gasteiger partial charge in [-0.1, -0.05) is 12.1 Å². The molecule has 1 rings (SSSR count). The maximum atomic E-state index is 12.1. The fraction of sp³-hybridized carbons (Fsp3) is 0.222. The quantitative estimate of drug-likeness (QED) is 0.594. The van der Waals surface area contributed by atoms with Crippen molar-refractivity contribution >= 4 is 6.29 Å². The van der Waals surface area contributed by atoms with Crippen LogP contribution in [0.2, 0.25) is 0 Å². The van der Waals surface area contributed by atoms with Crippen LogP contribution in [0.15, 0.2) is 18.2 Å². The van der Waals surface area contributed by atoms with Crippen LogP contribution in [-0.4, -0.2) is 6.29 Å². The molecular formula is C9H9FO. The number of rotatable bonds is 2. The molecule has 1 aromatic rings. The van der Waals surface area contributed by atoms with E-state index in [1.807, 2.05) is 6.92 Å². The van der Waals surface area contributed by atoms with Crippen LogP contribution in [0.5, 0.6) is 0 Å². The first-order valence-electron chi connectivity index (χ1n) is 3.38. The van der Waals surface area contributed by atoms with E-state index in [-0.39, 0.29) is 0 Å². The first-order chi connectivity index (χ1) is 5.27. The van der Waals surface area contributed by atoms with E-state index >= 15 is 0 Å². The molecule has 58 valence electrons. The summed E-state index contributed by atoms with van der Waals surface area (Å²) >= 11 is 0. The Morgan fingerprint density at radius 3 is 2.82 bits per heavy atom. The molecule has 0 atom stereocenters. The number of hydrogen-bond donors (Lipinski definition) is 0. The van der Waals surface area contributed by atoms with Crippen LogP contribution in [0.3, 0.4) is 0 Å². The van der Waals surface area contributed by atoms with E-state index in [2.05, 4.69) is 0 Å². The fourth-order valence-corrected chi connectivity index (χ4v) is 0.900. The molecule has 1 nitrogen and oxygen atoms in total. The zero-order valence-corrected chi connectivity index (χ0v) is 6.30. The number of benzene rings is 1. The average Bonchev–Trinajstić information content (AvgIpc) is 2.05. The Hall–Kier alpha value is -1.18. The molecule has 0 spiro atoms. The van der Waals surface area contributed by atoms with Gasteiger partial charge in [-0.2, -0.15) is 0 Å². The Kier molecular flexibility index (Phi) is 2.36. The topological polar surface area (TPSA) is 17.1 Å². The minimum absolute atomic E-state index is 0.513. The number of halogens is 1. The lowest BCUT2D eigenvalue weighted by Gasteiger charge is -1.99. The van der Waals surface area contributed by atoms with Crippen molar-refractivity contribution in [3.8, 4) is 0 Å². The summed E-state index contributed by atoms with van der Waals surface area (Å²) in [5, 5.41) is 0. The number of hydrogen-bond acceptors (Lipinski definition) is 1. The molecular weight excluding hydrogens is 143 g/mol. The second kappa shape index (κ2) is 3.28. The number of carbonyl (C=O) groups is 1. The van der Waals surface area contributed by atoms with Gasteiger partial charge in [0.05, 0.1) is 0 Å². The van der Waals surface area contributed by atoms with Crippen LogP contribution in [-0.2, 0) is 6.67 Å². The van der Waals surface area contributed by atoms with Gasteiger partial charge in [0.15, 0.2) is 0 Å². The third-order valence-corrected chi connectivity index (χ3v) is 1.62. The summed E-state index contributed by atoms with van der Waals surface area (Å²) in [5.74, 6) is 0. The molecule has 0 amide bonds. The van der Waals surface area contributed by atoms with Crippen molar-refractivity contribution in [2.75, 3.05) is 0 Å². The lowest BCUT2D eigenvalue weighted by molar-refractivity contribution is 0.112. The van der Waals surface area contributed by atoms with Gasteiger partial charge in [-0.25, -0.2) is 4.39 Å². The Morgan fingerprint density at radius 1 is 1.55 bits per heavy atom. The highest BCUT2D eigenvalue weighted by molar-refractivity contribution is 5.77. The second-order valence-corrected chi connectivity index (χ2v) is 2.44. The Labute approximate surface area is 64.9 Å². The number of aldehydes is 1. The third-order valence-electron chi connectivity index (χ3n) is 1.62. The molecule has 0 fully saturated rings. The summed E-state index contributed by atoms with van der Waals surface area (Å²) in [6.45, 7) is 1.31. The summed E-state index contributed by atoms with van der Waals surface area (Å²) in [5.41, 5.74) is 2.01. The first kappa shape index (κ1) is 7.92. The predicted octanol–water partition coefficient (Wildman–Crippen LogP) is 2.28. The molecule has 0 saturated carbocycles. The smallest absolute Gasteiger partial charge is 0.150 e. The first-order valence-corrected chi connectivity index (χ1v) is 3.38. The molecule has 2 heteroatoms. The van der Waals surface area contributed by atoms with Crippen molar-refractivity contribution in [2.24, 2.45) is 0 Å². The van der Waals surface area contributed by atoms with Crippen molar-refractivity contribution in [1.82, 2.24) is 0 Å². The summed E-state index contributed by atoms with van der Waals surface area (Å²) in [6, 6.07) is 5.00. The van der Waals surface area contributed by atoms with Gasteiger partial charge in [0.2, 0.25) is 0 Å². The molecule has 0 unspecified atom stereocenters. The highest BCUT2D eigenvalue weighted by Crippen LogP contribution is 2.09. The van der Waals surface area contributed by atoms with Gasteiger partial charge in [0, 0.05) is 5.56 Å². The summed E-state index contributed by atoms with van der Waals surface area (Å²) < 4.78 is 12.1. The molecule has 0 aliphatic heterocycles. The SMILES string of the molecule is Cc1ccc(CF)cc1C=O. The van der Waals surface area contributed by atoms with Gasteiger partial charge in [0.25, 0.3) is 0 Å². The van der Waals surface area contributed by atoms with E-state index in [1.54, 1.807) is 18.2 Å². The normalized spacial score (nSPS) is 9.64. The van der Waals surface area contributed by atoms with Gasteiger partial charge in [0.1, 0.15) is 13.0 Å². The molecule has 0 aliphatic carbocycles. The molecule has 0 heterocycles. The van der Waals surface area contributed by atoms with Crippen molar-refractivity contribution < 1.29 is 9.18 Å². The highest BCUT2D eigenvalue weighted by atomic mass is 19.1. The van der Waals surface area contributed by atoms with Crippen molar-refractivity contribution in [1.29, 1.82) is 0 Å². The largest absolute Gasteiger partial charge is 0.298 e. The van der Waals surface area contributed by atoms with Gasteiger partial charge in [-0.3, -0.25) is 4.79 Å². The molecule has 0 radical (unpaired) electrons. The van der Waals surface area contributed by atoms with E-state index in [0.29, 0.717) is 11.1 Å². The van der Waals surface area contributed by atoms with Crippen LogP contribution in [0.4, 0.5) is 4.39 Å². The van der Waals surface area contributed by atoms with E-state index < -0.39 is 6.67 Å². The molecule has 1 aromatic carbocycles. The minimum Gasteiger partial charge on any atom is -0.298 e. The summed E-state index contributed by atoms with van der Waals surface area (Å²) in [4.78, 5) is 10.4. The van der Waals surface area contributed by atoms with Crippen LogP contribution in [0.1, 0.15) is 21.5 Å². The highest BCUT2D eigenvalue weighted by Gasteiger charge is 1.97. The summed E-state index contributed by atoms with van der Waals surface area (Å²) in [7, 11) is 0. The van der Waals surface area contributed by atoms with Gasteiger partial charge in [-0.05, 0) is 24.1 Å². The van der Waals surface area contributed by atoms with Crippen LogP contribution in [0, 0.1) is 6.92 Å². The van der Waals surface area contributed by atoms with Gasteiger partial charge >= 0.3 is 0 Å². The Balaban J connectivity index is 3.12. The molecule has 0 bridgehead atoms. The van der Waals surface area contributed by atoms with E-state index in [9.17, 15) is 9.18 Å². The standard InChI is InChI=1S/C9H9FO/c1-7-2-3-8(5-10)4-9(7)6-11/h2-4,6H,5H2,1H3. The summed E-state index contributed by atoms with van der Waals surface area (Å²) in [6.07, 6.45) is 0.745. The van der Waals surface area contributed by atoms with Gasteiger partial charge < -0.3 is 0 Å². The van der Waals surface area contributed by atoms with Crippen molar-refractivity contribution in [2.45, 2.75) is 13.6 Å². The Bertz CT molecular complexity index is 268. The molecule has 0 aromatic heterocycles. The monoisotopic (exact) mass is 152 g/mol. The lowest BCUT2D eigenvalue weighted by Crippen LogP contribution is -1.88. The van der Waals surface area contributed by atoms with Gasteiger partial charge in [-0.15, -0.1) is 0 Å². The van der Waals surface area contributed by atoms with E-state index in [4.69, 9.17) is 0 Å². The van der Waals surface area contributed by atoms with Crippen LogP contribution < -0.4 is 0 Å². The molecule has 0 aliphatic rings. The van der Waals surface area contributed by atoms with E-state index in [1.165, 1.54) is 0 Å². The minimum atomic E-state index is -0.513. The van der Waals surface area contributed by atoms with E-state index in [0.717, 1.165) is 11.8 Å². The third kappa shape index (κ3) is 1.64. The van der Waals surface area contributed by atoms with Crippen molar-refractivity contribution in [3.05, 3.63) is 34.9 Å². The van der Waals surface area contributed by atoms with Crippen LogP contribution in [0.25, 0.3) is 0 Å². The fourth-order valence-electron chi connectivity index (χ4n) is 0.900. The number of carbonyl (C=O) groups excluding carboxylic acids is 1. The average molecular weight is 152 g/mol. The predicted molar refractivity (Wildman–Crippen MR) is 41.4 cm³/mol. The van der Waals surface area contributed by atoms with Crippen LogP contribution >= 0.6 is 0 Å². The number of aryl methyl sites for hydroxylation is 1. The maximum absolute atomic E-state index is 12.1. The zero-order chi connectivity index (χ0) is 8.27. The zero-order valence-electron chi connectivity index (χ0n) is 6.30. The lowest BCUT2D eigenvalue weighted by atomic mass is 10.1. The number of alkyl halides is 1. The molecule has 0 saturated heterocycles. The maximum Gasteiger partial charge on any atom is 0.150 e. The Morgan fingerprint density at radius 2 is 2.27 bits per heavy atom.